The fourth-order valence-corrected chi connectivity index (χ4v) is 1.20. The van der Waals surface area contributed by atoms with Crippen LogP contribution in [0.5, 0.6) is 0 Å². The third kappa shape index (κ3) is 6.98. The number of amides is 1. The molecule has 0 aliphatic carbocycles. The van der Waals surface area contributed by atoms with E-state index in [9.17, 15) is 4.79 Å². The molecule has 0 saturated carbocycles. The Morgan fingerprint density at radius 3 is 2.83 bits per heavy atom. The summed E-state index contributed by atoms with van der Waals surface area (Å²) >= 11 is 5.15. The van der Waals surface area contributed by atoms with E-state index < -0.39 is 0 Å². The number of carbonyl (C=O) groups excluding carboxylic acids is 1. The maximum Gasteiger partial charge on any atom is 0.220 e. The zero-order valence-corrected chi connectivity index (χ0v) is 10.0. The van der Waals surface area contributed by atoms with Crippen molar-refractivity contribution in [3.63, 3.8) is 0 Å². The number of thioether (sulfide) groups is 1. The highest BCUT2D eigenvalue weighted by Crippen LogP contribution is 2.02. The second-order valence-electron chi connectivity index (χ2n) is 2.55. The van der Waals surface area contributed by atoms with Crippen molar-refractivity contribution in [3.8, 4) is 0 Å². The van der Waals surface area contributed by atoms with Crippen LogP contribution < -0.4 is 5.32 Å². The summed E-state index contributed by atoms with van der Waals surface area (Å²) in [4.78, 5) is 11.5. The number of hydrogen-bond donors (Lipinski definition) is 1. The van der Waals surface area contributed by atoms with Crippen molar-refractivity contribution in [2.45, 2.75) is 24.6 Å². The molecule has 1 amide bonds. The van der Waals surface area contributed by atoms with Crippen molar-refractivity contribution >= 4 is 33.6 Å². The van der Waals surface area contributed by atoms with Crippen LogP contribution in [-0.4, -0.2) is 29.3 Å². The number of hydrogen-bond acceptors (Lipinski definition) is 2. The molecular weight excluding hydrogens is 238 g/mol. The first-order chi connectivity index (χ1) is 5.70. The first-order valence-corrected chi connectivity index (χ1v) is 6.41. The predicted molar refractivity (Wildman–Crippen MR) is 59.0 cm³/mol. The lowest BCUT2D eigenvalue weighted by molar-refractivity contribution is -0.120. The fraction of sp³-hybridized carbons (Fsp3) is 0.875. The minimum atomic E-state index is 0.155. The van der Waals surface area contributed by atoms with Gasteiger partial charge in [-0.3, -0.25) is 4.79 Å². The monoisotopic (exact) mass is 253 g/mol. The van der Waals surface area contributed by atoms with Crippen molar-refractivity contribution in [2.24, 2.45) is 0 Å². The van der Waals surface area contributed by atoms with Gasteiger partial charge in [0.2, 0.25) is 5.91 Å². The summed E-state index contributed by atoms with van der Waals surface area (Å²) in [6, 6.07) is 0. The molecule has 12 heavy (non-hydrogen) atoms. The van der Waals surface area contributed by atoms with Gasteiger partial charge in [-0.15, -0.1) is 0 Å². The van der Waals surface area contributed by atoms with Crippen molar-refractivity contribution in [1.29, 1.82) is 0 Å². The molecule has 0 aliphatic rings. The minimum absolute atomic E-state index is 0.155. The maximum absolute atomic E-state index is 11.1. The summed E-state index contributed by atoms with van der Waals surface area (Å²) in [5.74, 6) is 1.06. The van der Waals surface area contributed by atoms with Crippen molar-refractivity contribution < 1.29 is 4.79 Å². The Bertz CT molecular complexity index is 132. The van der Waals surface area contributed by atoms with Crippen LogP contribution in [-0.2, 0) is 4.79 Å². The Kier molecular flexibility index (Phi) is 8.12. The van der Waals surface area contributed by atoms with E-state index in [1.54, 1.807) is 11.8 Å². The van der Waals surface area contributed by atoms with Gasteiger partial charge >= 0.3 is 0 Å². The Morgan fingerprint density at radius 2 is 2.33 bits per heavy atom. The largest absolute Gasteiger partial charge is 0.355 e. The summed E-state index contributed by atoms with van der Waals surface area (Å²) in [6.45, 7) is 2.83. The molecule has 0 aromatic heterocycles. The molecule has 0 fully saturated rings. The lowest BCUT2D eigenvalue weighted by Crippen LogP contribution is -2.29. The molecule has 0 heterocycles. The van der Waals surface area contributed by atoms with Crippen molar-refractivity contribution in [2.75, 3.05) is 18.6 Å². The van der Waals surface area contributed by atoms with Gasteiger partial charge in [-0.05, 0) is 12.7 Å². The van der Waals surface area contributed by atoms with Gasteiger partial charge < -0.3 is 5.32 Å². The molecule has 0 saturated heterocycles. The van der Waals surface area contributed by atoms with E-state index in [4.69, 9.17) is 0 Å². The highest BCUT2D eigenvalue weighted by Gasteiger charge is 2.03. The van der Waals surface area contributed by atoms with Crippen LogP contribution in [0.3, 0.4) is 0 Å². The molecule has 0 radical (unpaired) electrons. The van der Waals surface area contributed by atoms with Crippen LogP contribution in [0.15, 0.2) is 0 Å². The first-order valence-electron chi connectivity index (χ1n) is 4.10. The fourth-order valence-electron chi connectivity index (χ4n) is 0.652. The highest BCUT2D eigenvalue weighted by atomic mass is 79.9. The molecule has 0 rings (SSSR count). The smallest absolute Gasteiger partial charge is 0.220 e. The minimum Gasteiger partial charge on any atom is -0.355 e. The maximum atomic E-state index is 11.1. The summed E-state index contributed by atoms with van der Waals surface area (Å²) in [5, 5.41) is 2.87. The van der Waals surface area contributed by atoms with Gasteiger partial charge in [0.1, 0.15) is 0 Å². The zero-order chi connectivity index (χ0) is 9.40. The molecule has 1 N–H and O–H groups in total. The number of halogens is 1. The third-order valence-electron chi connectivity index (χ3n) is 1.50. The molecular formula is C8H16BrNOS. The molecule has 2 nitrogen and oxygen atoms in total. The van der Waals surface area contributed by atoms with Gasteiger partial charge in [-0.25, -0.2) is 0 Å². The van der Waals surface area contributed by atoms with Gasteiger partial charge in [0.05, 0.1) is 0 Å². The molecule has 1 unspecified atom stereocenters. The highest BCUT2D eigenvalue weighted by molar-refractivity contribution is 9.09. The number of alkyl halides is 1. The molecule has 0 bridgehead atoms. The summed E-state index contributed by atoms with van der Waals surface area (Å²) in [7, 11) is 0. The van der Waals surface area contributed by atoms with Gasteiger partial charge in [0, 0.05) is 23.5 Å². The SMILES string of the molecule is CCC(Br)CNC(=O)CCSC. The second kappa shape index (κ2) is 7.92. The van der Waals surface area contributed by atoms with Crippen LogP contribution in [0.25, 0.3) is 0 Å². The summed E-state index contributed by atoms with van der Waals surface area (Å²) in [5.41, 5.74) is 0. The molecule has 4 heteroatoms. The third-order valence-corrected chi connectivity index (χ3v) is 3.08. The van der Waals surface area contributed by atoms with Crippen molar-refractivity contribution in [1.82, 2.24) is 5.32 Å². The lowest BCUT2D eigenvalue weighted by Gasteiger charge is -2.07. The normalized spacial score (nSPS) is 12.6. The average molecular weight is 254 g/mol. The zero-order valence-electron chi connectivity index (χ0n) is 7.60. The Balaban J connectivity index is 3.31. The van der Waals surface area contributed by atoms with Gasteiger partial charge in [-0.1, -0.05) is 22.9 Å². The summed E-state index contributed by atoms with van der Waals surface area (Å²) < 4.78 is 0. The van der Waals surface area contributed by atoms with E-state index in [0.29, 0.717) is 11.2 Å². The van der Waals surface area contributed by atoms with E-state index in [2.05, 4.69) is 28.2 Å². The Hall–Kier alpha value is 0.300. The number of rotatable bonds is 6. The van der Waals surface area contributed by atoms with Crippen LogP contribution in [0.2, 0.25) is 0 Å². The molecule has 72 valence electrons. The predicted octanol–water partition coefficient (Wildman–Crippen LogP) is 2.03. The van der Waals surface area contributed by atoms with E-state index in [1.807, 2.05) is 6.26 Å². The van der Waals surface area contributed by atoms with Crippen LogP contribution in [0.1, 0.15) is 19.8 Å². The van der Waals surface area contributed by atoms with Gasteiger partial charge in [0.25, 0.3) is 0 Å². The Labute approximate surface area is 87.0 Å². The number of carbonyl (C=O) groups is 1. The first kappa shape index (κ1) is 12.3. The summed E-state index contributed by atoms with van der Waals surface area (Å²) in [6.07, 6.45) is 3.68. The van der Waals surface area contributed by atoms with E-state index in [0.717, 1.165) is 18.7 Å². The molecule has 0 aliphatic heterocycles. The second-order valence-corrected chi connectivity index (χ2v) is 4.83. The number of nitrogens with one attached hydrogen (secondary N) is 1. The molecule has 1 atom stereocenters. The average Bonchev–Trinajstić information content (AvgIpc) is 2.10. The molecule has 0 aromatic rings. The van der Waals surface area contributed by atoms with Gasteiger partial charge in [0.15, 0.2) is 0 Å². The molecule has 0 aromatic carbocycles. The van der Waals surface area contributed by atoms with Crippen LogP contribution in [0, 0.1) is 0 Å². The molecule has 0 spiro atoms. The lowest BCUT2D eigenvalue weighted by atomic mass is 10.3. The van der Waals surface area contributed by atoms with Crippen LogP contribution in [0.4, 0.5) is 0 Å². The topological polar surface area (TPSA) is 29.1 Å². The van der Waals surface area contributed by atoms with E-state index in [1.165, 1.54) is 0 Å². The van der Waals surface area contributed by atoms with Crippen LogP contribution >= 0.6 is 27.7 Å². The van der Waals surface area contributed by atoms with Gasteiger partial charge in [-0.2, -0.15) is 11.8 Å². The Morgan fingerprint density at radius 1 is 1.67 bits per heavy atom. The van der Waals surface area contributed by atoms with E-state index >= 15 is 0 Å². The van der Waals surface area contributed by atoms with E-state index in [-0.39, 0.29) is 5.91 Å². The van der Waals surface area contributed by atoms with Crippen molar-refractivity contribution in [3.05, 3.63) is 0 Å². The quantitative estimate of drug-likeness (QED) is 0.735. The standard InChI is InChI=1S/C8H16BrNOS/c1-3-7(9)6-10-8(11)4-5-12-2/h7H,3-6H2,1-2H3,(H,10,11).